The molecule has 0 aliphatic rings. The fraction of sp³-hybridized carbons (Fsp3) is 0.111. The van der Waals surface area contributed by atoms with Crippen LogP contribution in [0.15, 0.2) is 41.8 Å². The number of rotatable bonds is 5. The fourth-order valence-corrected chi connectivity index (χ4v) is 3.03. The number of nitrogens with zero attached hydrogens (tertiary/aromatic N) is 1. The van der Waals surface area contributed by atoms with Crippen molar-refractivity contribution in [2.75, 3.05) is 19.5 Å². The highest BCUT2D eigenvalue weighted by Gasteiger charge is 2.13. The van der Waals surface area contributed by atoms with Crippen LogP contribution < -0.4 is 14.8 Å². The molecule has 3 aromatic rings. The van der Waals surface area contributed by atoms with Gasteiger partial charge in [0, 0.05) is 22.6 Å². The van der Waals surface area contributed by atoms with Crippen molar-refractivity contribution < 1.29 is 23.0 Å². The molecule has 0 saturated heterocycles. The predicted molar refractivity (Wildman–Crippen MR) is 95.0 cm³/mol. The first-order chi connectivity index (χ1) is 12.5. The van der Waals surface area contributed by atoms with E-state index in [4.69, 9.17) is 9.47 Å². The van der Waals surface area contributed by atoms with Crippen LogP contribution in [0.2, 0.25) is 0 Å². The highest BCUT2D eigenvalue weighted by Crippen LogP contribution is 2.33. The molecule has 0 saturated carbocycles. The average molecular weight is 376 g/mol. The largest absolute Gasteiger partial charge is 0.493 e. The van der Waals surface area contributed by atoms with Crippen molar-refractivity contribution in [3.63, 3.8) is 0 Å². The average Bonchev–Trinajstić information content (AvgIpc) is 3.08. The molecular weight excluding hydrogens is 362 g/mol. The first-order valence-corrected chi connectivity index (χ1v) is 8.33. The number of hydrogen-bond donors (Lipinski definition) is 1. The molecule has 0 fully saturated rings. The van der Waals surface area contributed by atoms with Crippen molar-refractivity contribution in [2.45, 2.75) is 0 Å². The minimum atomic E-state index is -0.819. The van der Waals surface area contributed by atoms with E-state index in [-0.39, 0.29) is 5.56 Å². The van der Waals surface area contributed by atoms with Crippen LogP contribution in [-0.4, -0.2) is 25.1 Å². The van der Waals surface area contributed by atoms with Crippen LogP contribution in [0.3, 0.4) is 0 Å². The lowest BCUT2D eigenvalue weighted by atomic mass is 10.1. The third-order valence-corrected chi connectivity index (χ3v) is 4.29. The van der Waals surface area contributed by atoms with Crippen molar-refractivity contribution in [1.82, 2.24) is 4.98 Å². The molecule has 2 aromatic carbocycles. The molecule has 1 aromatic heterocycles. The van der Waals surface area contributed by atoms with E-state index in [1.807, 2.05) is 6.07 Å². The summed E-state index contributed by atoms with van der Waals surface area (Å²) in [6, 6.07) is 7.95. The van der Waals surface area contributed by atoms with Gasteiger partial charge < -0.3 is 9.47 Å². The number of aromatic nitrogens is 1. The maximum absolute atomic E-state index is 13.2. The fourth-order valence-electron chi connectivity index (χ4n) is 2.31. The summed E-state index contributed by atoms with van der Waals surface area (Å²) in [5.74, 6) is -1.14. The first-order valence-electron chi connectivity index (χ1n) is 7.45. The summed E-state index contributed by atoms with van der Waals surface area (Å²) >= 11 is 1.20. The molecule has 0 radical (unpaired) electrons. The van der Waals surface area contributed by atoms with Crippen LogP contribution >= 0.6 is 11.3 Å². The van der Waals surface area contributed by atoms with Crippen LogP contribution in [-0.2, 0) is 0 Å². The zero-order valence-corrected chi connectivity index (χ0v) is 14.7. The predicted octanol–water partition coefficient (Wildman–Crippen LogP) is 4.36. The maximum Gasteiger partial charge on any atom is 0.257 e. The lowest BCUT2D eigenvalue weighted by Crippen LogP contribution is -2.12. The van der Waals surface area contributed by atoms with Crippen molar-refractivity contribution in [3.05, 3.63) is 59.0 Å². The van der Waals surface area contributed by atoms with Crippen LogP contribution in [0.25, 0.3) is 11.3 Å². The molecule has 0 atom stereocenters. The van der Waals surface area contributed by atoms with Crippen molar-refractivity contribution in [2.24, 2.45) is 0 Å². The highest BCUT2D eigenvalue weighted by molar-refractivity contribution is 7.14. The van der Waals surface area contributed by atoms with Gasteiger partial charge in [-0.3, -0.25) is 10.1 Å². The first kappa shape index (κ1) is 17.8. The van der Waals surface area contributed by atoms with Gasteiger partial charge in [0.25, 0.3) is 5.91 Å². The number of thiazole rings is 1. The second-order valence-electron chi connectivity index (χ2n) is 5.22. The van der Waals surface area contributed by atoms with E-state index in [0.29, 0.717) is 28.4 Å². The summed E-state index contributed by atoms with van der Waals surface area (Å²) in [4.78, 5) is 16.5. The highest BCUT2D eigenvalue weighted by atomic mass is 32.1. The smallest absolute Gasteiger partial charge is 0.257 e. The lowest BCUT2D eigenvalue weighted by molar-refractivity contribution is 0.102. The van der Waals surface area contributed by atoms with Crippen molar-refractivity contribution in [3.8, 4) is 22.8 Å². The van der Waals surface area contributed by atoms with Crippen molar-refractivity contribution >= 4 is 22.4 Å². The minimum Gasteiger partial charge on any atom is -0.493 e. The molecule has 134 valence electrons. The second-order valence-corrected chi connectivity index (χ2v) is 6.08. The molecule has 0 bridgehead atoms. The van der Waals surface area contributed by atoms with Gasteiger partial charge in [-0.15, -0.1) is 11.3 Å². The lowest BCUT2D eigenvalue weighted by Gasteiger charge is -2.08. The number of carbonyl (C=O) groups is 1. The van der Waals surface area contributed by atoms with E-state index >= 15 is 0 Å². The number of amides is 1. The van der Waals surface area contributed by atoms with Gasteiger partial charge in [-0.1, -0.05) is 0 Å². The SMILES string of the molecule is COc1ccc(-c2csc(NC(=O)c3cc(F)cc(F)c3)n2)cc1OC. The Bertz CT molecular complexity index is 939. The Kier molecular flexibility index (Phi) is 5.13. The summed E-state index contributed by atoms with van der Waals surface area (Å²) in [6.45, 7) is 0. The molecule has 26 heavy (non-hydrogen) atoms. The number of halogens is 2. The molecular formula is C18H14F2N2O3S. The number of carbonyl (C=O) groups excluding carboxylic acids is 1. The monoisotopic (exact) mass is 376 g/mol. The Morgan fingerprint density at radius 1 is 1.04 bits per heavy atom. The van der Waals surface area contributed by atoms with E-state index in [1.54, 1.807) is 24.6 Å². The minimum absolute atomic E-state index is 0.120. The van der Waals surface area contributed by atoms with Gasteiger partial charge in [0.15, 0.2) is 16.6 Å². The van der Waals surface area contributed by atoms with Gasteiger partial charge in [0.05, 0.1) is 19.9 Å². The molecule has 0 spiro atoms. The number of nitrogens with one attached hydrogen (secondary N) is 1. The Balaban J connectivity index is 1.80. The molecule has 0 unspecified atom stereocenters. The Hall–Kier alpha value is -3.00. The number of hydrogen-bond acceptors (Lipinski definition) is 5. The van der Waals surface area contributed by atoms with E-state index in [9.17, 15) is 13.6 Å². The van der Waals surface area contributed by atoms with Crippen molar-refractivity contribution in [1.29, 1.82) is 0 Å². The van der Waals surface area contributed by atoms with Crippen LogP contribution in [0.1, 0.15) is 10.4 Å². The molecule has 0 aliphatic carbocycles. The van der Waals surface area contributed by atoms with E-state index in [2.05, 4.69) is 10.3 Å². The molecule has 1 amide bonds. The van der Waals surface area contributed by atoms with Gasteiger partial charge in [0.2, 0.25) is 0 Å². The summed E-state index contributed by atoms with van der Waals surface area (Å²) in [5, 5.41) is 4.60. The second kappa shape index (κ2) is 7.49. The standard InChI is InChI=1S/C18H14F2N2O3S/c1-24-15-4-3-10(7-16(15)25-2)14-9-26-18(21-14)22-17(23)11-5-12(19)8-13(20)6-11/h3-9H,1-2H3,(H,21,22,23). The number of benzene rings is 2. The maximum atomic E-state index is 13.2. The third kappa shape index (κ3) is 3.80. The van der Waals surface area contributed by atoms with Crippen LogP contribution in [0.5, 0.6) is 11.5 Å². The number of methoxy groups -OCH3 is 2. The Morgan fingerprint density at radius 2 is 1.73 bits per heavy atom. The summed E-state index contributed by atoms with van der Waals surface area (Å²) in [5.41, 5.74) is 1.28. The van der Waals surface area contributed by atoms with E-state index < -0.39 is 17.5 Å². The summed E-state index contributed by atoms with van der Waals surface area (Å²) in [6.07, 6.45) is 0. The molecule has 3 rings (SSSR count). The van der Waals surface area contributed by atoms with Gasteiger partial charge in [-0.2, -0.15) is 0 Å². The zero-order valence-electron chi connectivity index (χ0n) is 13.9. The normalized spacial score (nSPS) is 10.5. The molecule has 0 aliphatic heterocycles. The zero-order chi connectivity index (χ0) is 18.7. The Morgan fingerprint density at radius 3 is 2.38 bits per heavy atom. The molecule has 8 heteroatoms. The van der Waals surface area contributed by atoms with E-state index in [0.717, 1.165) is 17.7 Å². The summed E-state index contributed by atoms with van der Waals surface area (Å²) < 4.78 is 36.9. The van der Waals surface area contributed by atoms with E-state index in [1.165, 1.54) is 18.4 Å². The molecule has 1 N–H and O–H groups in total. The molecule has 1 heterocycles. The van der Waals surface area contributed by atoms with Gasteiger partial charge in [0.1, 0.15) is 11.6 Å². The number of anilines is 1. The Labute approximate surface area is 152 Å². The number of ether oxygens (including phenoxy) is 2. The van der Waals surface area contributed by atoms with Crippen LogP contribution in [0.4, 0.5) is 13.9 Å². The van der Waals surface area contributed by atoms with Gasteiger partial charge >= 0.3 is 0 Å². The van der Waals surface area contributed by atoms with Crippen LogP contribution in [0, 0.1) is 11.6 Å². The van der Waals surface area contributed by atoms with Gasteiger partial charge in [-0.05, 0) is 30.3 Å². The third-order valence-electron chi connectivity index (χ3n) is 3.53. The quantitative estimate of drug-likeness (QED) is 0.719. The summed E-state index contributed by atoms with van der Waals surface area (Å²) in [7, 11) is 3.08. The van der Waals surface area contributed by atoms with Gasteiger partial charge in [-0.25, -0.2) is 13.8 Å². The topological polar surface area (TPSA) is 60.5 Å². The molecule has 5 nitrogen and oxygen atoms in total.